The molecule has 0 unspecified atom stereocenters. The Morgan fingerprint density at radius 3 is 2.38 bits per heavy atom. The Labute approximate surface area is 170 Å². The highest BCUT2D eigenvalue weighted by Gasteiger charge is 2.10. The van der Waals surface area contributed by atoms with Crippen molar-refractivity contribution >= 4 is 17.6 Å². The molecule has 6 heteroatoms. The lowest BCUT2D eigenvalue weighted by atomic mass is 10.1. The molecule has 148 valence electrons. The highest BCUT2D eigenvalue weighted by molar-refractivity contribution is 6.03. The van der Waals surface area contributed by atoms with E-state index in [1.165, 1.54) is 0 Å². The number of anilines is 1. The smallest absolute Gasteiger partial charge is 0.256 e. The van der Waals surface area contributed by atoms with Crippen LogP contribution in [0.1, 0.15) is 41.0 Å². The van der Waals surface area contributed by atoms with Gasteiger partial charge in [0.05, 0.1) is 5.56 Å². The number of carbonyl (C=O) groups is 2. The standard InChI is InChI=1S/C23H24N4O2/c1-16(2)10-11-25-22(28)20-12-19(13-24-14-20)18-8-9-21(26-15-18)27-23(29)17-6-4-3-5-7-17/h3-9,12-16H,10-11H2,1-2H3,(H,25,28)(H,26,27,29). The van der Waals surface area contributed by atoms with Crippen LogP contribution in [0.3, 0.4) is 0 Å². The van der Waals surface area contributed by atoms with E-state index >= 15 is 0 Å². The van der Waals surface area contributed by atoms with Gasteiger partial charge in [-0.05, 0) is 42.7 Å². The number of amides is 2. The molecule has 2 amide bonds. The minimum Gasteiger partial charge on any atom is -0.352 e. The first-order chi connectivity index (χ1) is 14.0. The Morgan fingerprint density at radius 2 is 1.69 bits per heavy atom. The summed E-state index contributed by atoms with van der Waals surface area (Å²) in [6.07, 6.45) is 5.82. The molecule has 0 saturated heterocycles. The number of hydrogen-bond acceptors (Lipinski definition) is 4. The number of carbonyl (C=O) groups excluding carboxylic acids is 2. The van der Waals surface area contributed by atoms with Gasteiger partial charge in [0.15, 0.2) is 0 Å². The molecule has 6 nitrogen and oxygen atoms in total. The fraction of sp³-hybridized carbons (Fsp3) is 0.217. The second-order valence-corrected chi connectivity index (χ2v) is 7.15. The van der Waals surface area contributed by atoms with Gasteiger partial charge in [0.2, 0.25) is 0 Å². The predicted molar refractivity (Wildman–Crippen MR) is 114 cm³/mol. The first-order valence-electron chi connectivity index (χ1n) is 9.59. The largest absolute Gasteiger partial charge is 0.352 e. The molecule has 0 saturated carbocycles. The van der Waals surface area contributed by atoms with Crippen LogP contribution in [0.4, 0.5) is 5.82 Å². The van der Waals surface area contributed by atoms with E-state index in [-0.39, 0.29) is 11.8 Å². The van der Waals surface area contributed by atoms with Crippen LogP contribution in [0.5, 0.6) is 0 Å². The fourth-order valence-corrected chi connectivity index (χ4v) is 2.71. The molecule has 2 aromatic heterocycles. The topological polar surface area (TPSA) is 84.0 Å². The number of pyridine rings is 2. The molecule has 0 spiro atoms. The summed E-state index contributed by atoms with van der Waals surface area (Å²) < 4.78 is 0. The second-order valence-electron chi connectivity index (χ2n) is 7.15. The molecule has 3 aromatic rings. The van der Waals surface area contributed by atoms with Gasteiger partial charge in [0.1, 0.15) is 5.82 Å². The summed E-state index contributed by atoms with van der Waals surface area (Å²) in [5.74, 6) is 0.636. The third-order valence-electron chi connectivity index (χ3n) is 4.38. The molecule has 3 rings (SSSR count). The highest BCUT2D eigenvalue weighted by atomic mass is 16.2. The lowest BCUT2D eigenvalue weighted by Gasteiger charge is -2.09. The van der Waals surface area contributed by atoms with Crippen molar-refractivity contribution in [2.24, 2.45) is 5.92 Å². The van der Waals surface area contributed by atoms with E-state index in [1.807, 2.05) is 24.3 Å². The van der Waals surface area contributed by atoms with E-state index in [1.54, 1.807) is 42.9 Å². The molecule has 29 heavy (non-hydrogen) atoms. The quantitative estimate of drug-likeness (QED) is 0.636. The minimum absolute atomic E-state index is 0.139. The maximum Gasteiger partial charge on any atom is 0.256 e. The first-order valence-corrected chi connectivity index (χ1v) is 9.59. The first kappa shape index (κ1) is 20.2. The summed E-state index contributed by atoms with van der Waals surface area (Å²) in [5, 5.41) is 5.68. The third kappa shape index (κ3) is 5.72. The van der Waals surface area contributed by atoms with E-state index in [2.05, 4.69) is 34.4 Å². The summed E-state index contributed by atoms with van der Waals surface area (Å²) in [6, 6.07) is 14.3. The van der Waals surface area contributed by atoms with Crippen LogP contribution < -0.4 is 10.6 Å². The van der Waals surface area contributed by atoms with E-state index in [0.717, 1.165) is 17.5 Å². The van der Waals surface area contributed by atoms with Crippen molar-refractivity contribution in [1.29, 1.82) is 0 Å². The van der Waals surface area contributed by atoms with E-state index in [9.17, 15) is 9.59 Å². The van der Waals surface area contributed by atoms with E-state index in [4.69, 9.17) is 0 Å². The van der Waals surface area contributed by atoms with Crippen molar-refractivity contribution in [3.05, 3.63) is 78.2 Å². The third-order valence-corrected chi connectivity index (χ3v) is 4.38. The lowest BCUT2D eigenvalue weighted by molar-refractivity contribution is 0.0950. The van der Waals surface area contributed by atoms with Crippen molar-refractivity contribution in [1.82, 2.24) is 15.3 Å². The molecular weight excluding hydrogens is 364 g/mol. The molecule has 1 aromatic carbocycles. The molecule has 0 atom stereocenters. The highest BCUT2D eigenvalue weighted by Crippen LogP contribution is 2.20. The van der Waals surface area contributed by atoms with E-state index < -0.39 is 0 Å². The van der Waals surface area contributed by atoms with Crippen molar-refractivity contribution in [2.75, 3.05) is 11.9 Å². The monoisotopic (exact) mass is 388 g/mol. The lowest BCUT2D eigenvalue weighted by Crippen LogP contribution is -2.25. The van der Waals surface area contributed by atoms with Crippen molar-refractivity contribution in [3.63, 3.8) is 0 Å². The summed E-state index contributed by atoms with van der Waals surface area (Å²) >= 11 is 0. The number of aromatic nitrogens is 2. The Hall–Kier alpha value is -3.54. The van der Waals surface area contributed by atoms with Crippen LogP contribution in [0.2, 0.25) is 0 Å². The van der Waals surface area contributed by atoms with Gasteiger partial charge >= 0.3 is 0 Å². The summed E-state index contributed by atoms with van der Waals surface area (Å²) in [7, 11) is 0. The molecule has 2 heterocycles. The van der Waals surface area contributed by atoms with Crippen molar-refractivity contribution in [2.45, 2.75) is 20.3 Å². The molecular formula is C23H24N4O2. The minimum atomic E-state index is -0.215. The van der Waals surface area contributed by atoms with Crippen LogP contribution >= 0.6 is 0 Å². The Balaban J connectivity index is 1.67. The molecule has 0 bridgehead atoms. The number of rotatable bonds is 7. The molecule has 0 aliphatic rings. The van der Waals surface area contributed by atoms with Crippen LogP contribution in [0.25, 0.3) is 11.1 Å². The Bertz CT molecular complexity index is 970. The summed E-state index contributed by atoms with van der Waals surface area (Å²) in [4.78, 5) is 33.0. The summed E-state index contributed by atoms with van der Waals surface area (Å²) in [5.41, 5.74) is 2.67. The molecule has 2 N–H and O–H groups in total. The number of nitrogens with zero attached hydrogens (tertiary/aromatic N) is 2. The molecule has 0 radical (unpaired) electrons. The van der Waals surface area contributed by atoms with Gasteiger partial charge < -0.3 is 10.6 Å². The predicted octanol–water partition coefficient (Wildman–Crippen LogP) is 4.17. The number of benzene rings is 1. The zero-order chi connectivity index (χ0) is 20.6. The Morgan fingerprint density at radius 1 is 0.897 bits per heavy atom. The van der Waals surface area contributed by atoms with Crippen LogP contribution in [-0.2, 0) is 0 Å². The normalized spacial score (nSPS) is 10.6. The SMILES string of the molecule is CC(C)CCNC(=O)c1cncc(-c2ccc(NC(=O)c3ccccc3)nc2)c1. The Kier molecular flexibility index (Phi) is 6.68. The fourth-order valence-electron chi connectivity index (χ4n) is 2.71. The summed E-state index contributed by atoms with van der Waals surface area (Å²) in [6.45, 7) is 4.87. The maximum atomic E-state index is 12.3. The van der Waals surface area contributed by atoms with Gasteiger partial charge in [-0.25, -0.2) is 4.98 Å². The van der Waals surface area contributed by atoms with E-state index in [0.29, 0.717) is 29.4 Å². The van der Waals surface area contributed by atoms with Crippen molar-refractivity contribution < 1.29 is 9.59 Å². The molecule has 0 fully saturated rings. The van der Waals surface area contributed by atoms with Crippen LogP contribution in [0, 0.1) is 5.92 Å². The van der Waals surface area contributed by atoms with Gasteiger partial charge in [-0.2, -0.15) is 0 Å². The molecule has 0 aliphatic heterocycles. The molecule has 0 aliphatic carbocycles. The number of nitrogens with one attached hydrogen (secondary N) is 2. The average molecular weight is 388 g/mol. The number of hydrogen-bond donors (Lipinski definition) is 2. The van der Waals surface area contributed by atoms with Crippen molar-refractivity contribution in [3.8, 4) is 11.1 Å². The van der Waals surface area contributed by atoms with Gasteiger partial charge in [0.25, 0.3) is 11.8 Å². The maximum absolute atomic E-state index is 12.3. The van der Waals surface area contributed by atoms with Crippen LogP contribution in [-0.4, -0.2) is 28.3 Å². The van der Waals surface area contributed by atoms with Crippen LogP contribution in [0.15, 0.2) is 67.1 Å². The zero-order valence-electron chi connectivity index (χ0n) is 16.6. The second kappa shape index (κ2) is 9.59. The average Bonchev–Trinajstić information content (AvgIpc) is 2.74. The van der Waals surface area contributed by atoms with Gasteiger partial charge in [-0.15, -0.1) is 0 Å². The van der Waals surface area contributed by atoms with Gasteiger partial charge in [-0.3, -0.25) is 14.6 Å². The van der Waals surface area contributed by atoms with Gasteiger partial charge in [-0.1, -0.05) is 32.0 Å². The van der Waals surface area contributed by atoms with Gasteiger partial charge in [0, 0.05) is 41.8 Å². The zero-order valence-corrected chi connectivity index (χ0v) is 16.6.